The van der Waals surface area contributed by atoms with Crippen molar-refractivity contribution in [3.05, 3.63) is 84.5 Å². The van der Waals surface area contributed by atoms with Crippen LogP contribution < -0.4 is 5.36 Å². The molecule has 0 radical (unpaired) electrons. The van der Waals surface area contributed by atoms with E-state index in [4.69, 9.17) is 14.4 Å². The van der Waals surface area contributed by atoms with Crippen LogP contribution in [0.2, 0.25) is 0 Å². The second-order valence-corrected chi connectivity index (χ2v) is 5.79. The van der Waals surface area contributed by atoms with Crippen LogP contribution in [0.1, 0.15) is 0 Å². The summed E-state index contributed by atoms with van der Waals surface area (Å²) >= 11 is 0. The number of benzene rings is 3. The van der Waals surface area contributed by atoms with Gasteiger partial charge in [-0.05, 0) is 24.3 Å². The molecule has 0 atom stereocenters. The number of pyridine rings is 1. The fourth-order valence-electron chi connectivity index (χ4n) is 3.03. The summed E-state index contributed by atoms with van der Waals surface area (Å²) in [6, 6.07) is 21.7. The van der Waals surface area contributed by atoms with Crippen molar-refractivity contribution in [1.29, 1.82) is 0 Å². The maximum absolute atomic E-state index is 6.10. The van der Waals surface area contributed by atoms with Crippen molar-refractivity contribution in [2.24, 2.45) is 4.99 Å². The number of aromatic nitrogens is 2. The van der Waals surface area contributed by atoms with E-state index in [0.717, 1.165) is 44.4 Å². The van der Waals surface area contributed by atoms with Crippen molar-refractivity contribution in [1.82, 2.24) is 9.97 Å². The second kappa shape index (κ2) is 5.53. The lowest BCUT2D eigenvalue weighted by Crippen LogP contribution is -2.06. The van der Waals surface area contributed by atoms with Gasteiger partial charge in [-0.15, -0.1) is 0 Å². The molecular weight excluding hydrogens is 310 g/mol. The molecule has 25 heavy (non-hydrogen) atoms. The fraction of sp³-hybridized carbons (Fsp3) is 0. The summed E-state index contributed by atoms with van der Waals surface area (Å²) in [6.07, 6.45) is 3.48. The molecule has 0 fully saturated rings. The largest absolute Gasteiger partial charge is 0.453 e. The van der Waals surface area contributed by atoms with E-state index < -0.39 is 0 Å². The third-order valence-electron chi connectivity index (χ3n) is 4.19. The summed E-state index contributed by atoms with van der Waals surface area (Å²) in [4.78, 5) is 13.6. The van der Waals surface area contributed by atoms with Gasteiger partial charge in [0.25, 0.3) is 0 Å². The van der Waals surface area contributed by atoms with Crippen molar-refractivity contribution in [3.8, 4) is 11.5 Å². The minimum atomic E-state index is 0.727. The normalized spacial score (nSPS) is 12.2. The minimum Gasteiger partial charge on any atom is -0.453 e. The highest BCUT2D eigenvalue weighted by Crippen LogP contribution is 2.30. The van der Waals surface area contributed by atoms with Crippen LogP contribution in [0.25, 0.3) is 33.3 Å². The maximum Gasteiger partial charge on any atom is 0.155 e. The molecular formula is C21H13N3O. The van der Waals surface area contributed by atoms with E-state index in [1.807, 2.05) is 54.6 Å². The van der Waals surface area contributed by atoms with Gasteiger partial charge in [0.15, 0.2) is 11.3 Å². The lowest BCUT2D eigenvalue weighted by atomic mass is 10.0. The highest BCUT2D eigenvalue weighted by Gasteiger charge is 2.14. The molecule has 0 spiro atoms. The van der Waals surface area contributed by atoms with Gasteiger partial charge in [0.2, 0.25) is 0 Å². The number of hydrogen-bond donors (Lipinski definition) is 0. The van der Waals surface area contributed by atoms with Gasteiger partial charge in [0.05, 0.1) is 11.0 Å². The Bertz CT molecular complexity index is 1240. The van der Waals surface area contributed by atoms with Crippen LogP contribution >= 0.6 is 0 Å². The summed E-state index contributed by atoms with van der Waals surface area (Å²) in [5.74, 6) is 0.727. The van der Waals surface area contributed by atoms with E-state index in [9.17, 15) is 0 Å². The van der Waals surface area contributed by atoms with Gasteiger partial charge < -0.3 is 4.42 Å². The minimum absolute atomic E-state index is 0.727. The Morgan fingerprint density at radius 3 is 2.44 bits per heavy atom. The molecule has 2 aromatic carbocycles. The Kier molecular flexibility index (Phi) is 3.07. The molecule has 0 bridgehead atoms. The predicted octanol–water partition coefficient (Wildman–Crippen LogP) is 4.71. The quantitative estimate of drug-likeness (QED) is 0.331. The molecule has 0 saturated heterocycles. The van der Waals surface area contributed by atoms with E-state index in [0.29, 0.717) is 0 Å². The predicted molar refractivity (Wildman–Crippen MR) is 97.6 cm³/mol. The summed E-state index contributed by atoms with van der Waals surface area (Å²) < 4.78 is 6.10. The van der Waals surface area contributed by atoms with Crippen LogP contribution in [0.15, 0.2) is 88.5 Å². The zero-order chi connectivity index (χ0) is 16.6. The van der Waals surface area contributed by atoms with Crippen LogP contribution in [0, 0.1) is 0 Å². The fourth-order valence-corrected chi connectivity index (χ4v) is 3.03. The van der Waals surface area contributed by atoms with Crippen molar-refractivity contribution in [3.63, 3.8) is 0 Å². The number of nitrogens with zero attached hydrogens (tertiary/aromatic N) is 3. The zero-order valence-corrected chi connectivity index (χ0v) is 13.3. The summed E-state index contributed by atoms with van der Waals surface area (Å²) in [5, 5.41) is 2.93. The molecule has 1 aromatic heterocycles. The molecule has 0 N–H and O–H groups in total. The molecule has 118 valence electrons. The Morgan fingerprint density at radius 2 is 1.56 bits per heavy atom. The van der Waals surface area contributed by atoms with Crippen molar-refractivity contribution >= 4 is 27.6 Å². The molecule has 0 amide bonds. The topological polar surface area (TPSA) is 51.3 Å². The SMILES string of the molecule is c1ccc2oc3cc(=Nc4ccncc4)c4ccccc4c-3nc2c1. The van der Waals surface area contributed by atoms with E-state index in [2.05, 4.69) is 17.1 Å². The Hall–Kier alpha value is -3.53. The average Bonchev–Trinajstić information content (AvgIpc) is 2.68. The van der Waals surface area contributed by atoms with Crippen LogP contribution in [0.3, 0.4) is 0 Å². The molecule has 4 nitrogen and oxygen atoms in total. The number of hydrogen-bond acceptors (Lipinski definition) is 4. The molecule has 1 aliphatic carbocycles. The molecule has 0 unspecified atom stereocenters. The molecule has 1 aliphatic heterocycles. The highest BCUT2D eigenvalue weighted by molar-refractivity contribution is 5.96. The molecule has 5 rings (SSSR count). The van der Waals surface area contributed by atoms with Crippen molar-refractivity contribution in [2.45, 2.75) is 0 Å². The third kappa shape index (κ3) is 2.35. The smallest absolute Gasteiger partial charge is 0.155 e. The van der Waals surface area contributed by atoms with E-state index in [1.54, 1.807) is 12.4 Å². The molecule has 2 aliphatic rings. The van der Waals surface area contributed by atoms with Crippen LogP contribution in [0.4, 0.5) is 5.69 Å². The highest BCUT2D eigenvalue weighted by atomic mass is 16.3. The van der Waals surface area contributed by atoms with Crippen molar-refractivity contribution in [2.75, 3.05) is 0 Å². The van der Waals surface area contributed by atoms with Gasteiger partial charge in [-0.2, -0.15) is 0 Å². The van der Waals surface area contributed by atoms with Crippen molar-refractivity contribution < 1.29 is 4.42 Å². The maximum atomic E-state index is 6.10. The Labute approximate surface area is 143 Å². The number of rotatable bonds is 1. The summed E-state index contributed by atoms with van der Waals surface area (Å²) in [7, 11) is 0. The summed E-state index contributed by atoms with van der Waals surface area (Å²) in [5.41, 5.74) is 3.32. The first-order chi connectivity index (χ1) is 12.4. The number of para-hydroxylation sites is 2. The van der Waals surface area contributed by atoms with Gasteiger partial charge in [-0.25, -0.2) is 9.98 Å². The van der Waals surface area contributed by atoms with E-state index in [1.165, 1.54) is 0 Å². The van der Waals surface area contributed by atoms with Gasteiger partial charge in [0.1, 0.15) is 11.2 Å². The van der Waals surface area contributed by atoms with E-state index in [-0.39, 0.29) is 0 Å². The summed E-state index contributed by atoms with van der Waals surface area (Å²) in [6.45, 7) is 0. The first-order valence-electron chi connectivity index (χ1n) is 8.05. The Balaban J connectivity index is 1.93. The first kappa shape index (κ1) is 13.9. The zero-order valence-electron chi connectivity index (χ0n) is 13.3. The Morgan fingerprint density at radius 1 is 0.800 bits per heavy atom. The monoisotopic (exact) mass is 323 g/mol. The molecule has 0 saturated carbocycles. The lowest BCUT2D eigenvalue weighted by molar-refractivity contribution is 0.613. The first-order valence-corrected chi connectivity index (χ1v) is 8.05. The van der Waals surface area contributed by atoms with E-state index >= 15 is 0 Å². The van der Waals surface area contributed by atoms with Gasteiger partial charge in [-0.1, -0.05) is 36.4 Å². The average molecular weight is 323 g/mol. The van der Waals surface area contributed by atoms with Gasteiger partial charge >= 0.3 is 0 Å². The van der Waals surface area contributed by atoms with Crippen LogP contribution in [-0.2, 0) is 0 Å². The molecule has 2 heterocycles. The third-order valence-corrected chi connectivity index (χ3v) is 4.19. The van der Waals surface area contributed by atoms with Crippen LogP contribution in [0.5, 0.6) is 0 Å². The standard InChI is InChI=1S/C21H13N3O/c1-2-6-16-15(5-1)18(23-14-9-11-22-12-10-14)13-20-21(16)24-17-7-3-4-8-19(17)25-20/h1-13H. The van der Waals surface area contributed by atoms with Gasteiger partial charge in [0, 0.05) is 29.2 Å². The molecule has 4 heteroatoms. The van der Waals surface area contributed by atoms with Crippen LogP contribution in [-0.4, -0.2) is 9.97 Å². The number of fused-ring (bicyclic) bond motifs is 4. The second-order valence-electron chi connectivity index (χ2n) is 5.79. The lowest BCUT2D eigenvalue weighted by Gasteiger charge is -2.10. The van der Waals surface area contributed by atoms with Gasteiger partial charge in [-0.3, -0.25) is 4.98 Å². The molecule has 3 aromatic rings.